The van der Waals surface area contributed by atoms with Crippen LogP contribution in [-0.2, 0) is 16.6 Å². The fraction of sp³-hybridized carbons (Fsp3) is 0.0526. The molecule has 0 aliphatic rings. The van der Waals surface area contributed by atoms with Gasteiger partial charge in [0.2, 0.25) is 10.0 Å². The third kappa shape index (κ3) is 2.68. The molecule has 0 unspecified atom stereocenters. The normalized spacial score (nSPS) is 12.0. The van der Waals surface area contributed by atoms with Crippen molar-refractivity contribution in [3.8, 4) is 0 Å². The Kier molecular flexibility index (Phi) is 3.59. The van der Waals surface area contributed by atoms with E-state index in [0.29, 0.717) is 5.58 Å². The van der Waals surface area contributed by atoms with Crippen LogP contribution in [0.15, 0.2) is 82.1 Å². The molecule has 0 bridgehead atoms. The van der Waals surface area contributed by atoms with Crippen molar-refractivity contribution in [1.29, 1.82) is 0 Å². The molecule has 120 valence electrons. The van der Waals surface area contributed by atoms with E-state index >= 15 is 0 Å². The second-order valence-electron chi connectivity index (χ2n) is 5.57. The van der Waals surface area contributed by atoms with E-state index in [-0.39, 0.29) is 11.4 Å². The van der Waals surface area contributed by atoms with Gasteiger partial charge >= 0.3 is 0 Å². The van der Waals surface area contributed by atoms with Gasteiger partial charge in [0.25, 0.3) is 0 Å². The van der Waals surface area contributed by atoms with Crippen molar-refractivity contribution in [1.82, 2.24) is 4.72 Å². The van der Waals surface area contributed by atoms with E-state index in [9.17, 15) is 8.42 Å². The summed E-state index contributed by atoms with van der Waals surface area (Å²) < 4.78 is 33.5. The minimum Gasteiger partial charge on any atom is -0.456 e. The number of para-hydroxylation sites is 1. The van der Waals surface area contributed by atoms with Crippen LogP contribution in [0.2, 0.25) is 0 Å². The van der Waals surface area contributed by atoms with E-state index in [1.165, 1.54) is 0 Å². The molecule has 4 nitrogen and oxygen atoms in total. The first kappa shape index (κ1) is 14.9. The van der Waals surface area contributed by atoms with Crippen molar-refractivity contribution in [2.45, 2.75) is 11.4 Å². The first-order valence-electron chi connectivity index (χ1n) is 7.58. The number of hydrogen-bond acceptors (Lipinski definition) is 3. The van der Waals surface area contributed by atoms with E-state index in [1.807, 2.05) is 54.6 Å². The van der Waals surface area contributed by atoms with Crippen molar-refractivity contribution in [3.63, 3.8) is 0 Å². The highest BCUT2D eigenvalue weighted by atomic mass is 32.2. The number of furan rings is 1. The summed E-state index contributed by atoms with van der Waals surface area (Å²) in [5.74, 6) is 0. The predicted octanol–water partition coefficient (Wildman–Crippen LogP) is 4.06. The van der Waals surface area contributed by atoms with Crippen LogP contribution in [0.25, 0.3) is 21.9 Å². The Morgan fingerprint density at radius 1 is 0.792 bits per heavy atom. The molecule has 0 aliphatic heterocycles. The van der Waals surface area contributed by atoms with Crippen LogP contribution in [0.3, 0.4) is 0 Å². The number of benzene rings is 3. The van der Waals surface area contributed by atoms with Crippen LogP contribution in [0.1, 0.15) is 5.56 Å². The van der Waals surface area contributed by atoms with Gasteiger partial charge in [-0.15, -0.1) is 0 Å². The second kappa shape index (κ2) is 5.78. The van der Waals surface area contributed by atoms with Crippen molar-refractivity contribution in [2.24, 2.45) is 0 Å². The number of rotatable bonds is 4. The highest BCUT2D eigenvalue weighted by Crippen LogP contribution is 2.30. The summed E-state index contributed by atoms with van der Waals surface area (Å²) >= 11 is 0. The molecule has 24 heavy (non-hydrogen) atoms. The minimum absolute atomic E-state index is 0.234. The summed E-state index contributed by atoms with van der Waals surface area (Å²) in [4.78, 5) is 0.234. The Bertz CT molecular complexity index is 1120. The summed E-state index contributed by atoms with van der Waals surface area (Å²) in [5, 5.41) is 1.71. The van der Waals surface area contributed by atoms with Crippen molar-refractivity contribution in [2.75, 3.05) is 0 Å². The SMILES string of the molecule is O=S(=O)(NCc1ccccc1)c1ccc2oc3ccccc3c2c1. The standard InChI is InChI=1S/C19H15NO3S/c21-24(22,20-13-14-6-2-1-3-7-14)15-10-11-19-17(12-15)16-8-4-5-9-18(16)23-19/h1-12,20H,13H2. The smallest absolute Gasteiger partial charge is 0.240 e. The van der Waals surface area contributed by atoms with Gasteiger partial charge < -0.3 is 4.42 Å². The van der Waals surface area contributed by atoms with Gasteiger partial charge in [-0.1, -0.05) is 48.5 Å². The van der Waals surface area contributed by atoms with Crippen LogP contribution in [0.4, 0.5) is 0 Å². The summed E-state index contributed by atoms with van der Waals surface area (Å²) in [7, 11) is -3.59. The summed E-state index contributed by atoms with van der Waals surface area (Å²) in [6, 6.07) is 22.0. The third-order valence-electron chi connectivity index (χ3n) is 3.97. The Hall–Kier alpha value is -2.63. The van der Waals surface area contributed by atoms with Gasteiger partial charge in [-0.2, -0.15) is 0 Å². The highest BCUT2D eigenvalue weighted by molar-refractivity contribution is 7.89. The Morgan fingerprint density at radius 3 is 2.33 bits per heavy atom. The Morgan fingerprint density at radius 2 is 1.50 bits per heavy atom. The maximum absolute atomic E-state index is 12.6. The molecule has 0 saturated heterocycles. The van der Waals surface area contributed by atoms with Gasteiger partial charge in [-0.25, -0.2) is 13.1 Å². The largest absolute Gasteiger partial charge is 0.456 e. The minimum atomic E-state index is -3.59. The zero-order chi connectivity index (χ0) is 16.6. The van der Waals surface area contributed by atoms with Gasteiger partial charge in [0.05, 0.1) is 4.90 Å². The molecular weight excluding hydrogens is 322 g/mol. The molecule has 1 aromatic heterocycles. The average Bonchev–Trinajstić information content (AvgIpc) is 2.99. The Balaban J connectivity index is 1.71. The van der Waals surface area contributed by atoms with Gasteiger partial charge in [-0.3, -0.25) is 0 Å². The molecule has 0 aliphatic carbocycles. The summed E-state index contributed by atoms with van der Waals surface area (Å²) in [6.07, 6.45) is 0. The molecule has 0 saturated carbocycles. The molecule has 0 spiro atoms. The Labute approximate surface area is 139 Å². The molecule has 5 heteroatoms. The van der Waals surface area contributed by atoms with E-state index in [1.54, 1.807) is 18.2 Å². The van der Waals surface area contributed by atoms with Crippen molar-refractivity contribution < 1.29 is 12.8 Å². The van der Waals surface area contributed by atoms with Crippen LogP contribution in [0, 0.1) is 0 Å². The highest BCUT2D eigenvalue weighted by Gasteiger charge is 2.16. The monoisotopic (exact) mass is 337 g/mol. The number of fused-ring (bicyclic) bond motifs is 3. The maximum Gasteiger partial charge on any atom is 0.240 e. The van der Waals surface area contributed by atoms with Gasteiger partial charge in [0, 0.05) is 17.3 Å². The van der Waals surface area contributed by atoms with E-state index < -0.39 is 10.0 Å². The lowest BCUT2D eigenvalue weighted by molar-refractivity contribution is 0.581. The van der Waals surface area contributed by atoms with Crippen molar-refractivity contribution >= 4 is 32.0 Å². The molecule has 1 heterocycles. The fourth-order valence-electron chi connectivity index (χ4n) is 2.73. The summed E-state index contributed by atoms with van der Waals surface area (Å²) in [6.45, 7) is 0.257. The molecule has 3 aromatic carbocycles. The van der Waals surface area contributed by atoms with Crippen molar-refractivity contribution in [3.05, 3.63) is 78.4 Å². The second-order valence-corrected chi connectivity index (χ2v) is 7.33. The van der Waals surface area contributed by atoms with Crippen LogP contribution >= 0.6 is 0 Å². The number of hydrogen-bond donors (Lipinski definition) is 1. The third-order valence-corrected chi connectivity index (χ3v) is 5.37. The van der Waals surface area contributed by atoms with E-state index in [4.69, 9.17) is 4.42 Å². The predicted molar refractivity (Wildman–Crippen MR) is 94.2 cm³/mol. The molecule has 4 rings (SSSR count). The molecule has 0 amide bonds. The first-order valence-corrected chi connectivity index (χ1v) is 9.07. The van der Waals surface area contributed by atoms with E-state index in [0.717, 1.165) is 21.9 Å². The molecular formula is C19H15NO3S. The lowest BCUT2D eigenvalue weighted by Gasteiger charge is -2.07. The number of sulfonamides is 1. The average molecular weight is 337 g/mol. The zero-order valence-corrected chi connectivity index (χ0v) is 13.6. The number of nitrogens with one attached hydrogen (secondary N) is 1. The molecule has 4 aromatic rings. The molecule has 1 N–H and O–H groups in total. The maximum atomic E-state index is 12.6. The molecule has 0 atom stereocenters. The van der Waals surface area contributed by atoms with Gasteiger partial charge in [0.1, 0.15) is 11.2 Å². The van der Waals surface area contributed by atoms with Gasteiger partial charge in [0.15, 0.2) is 0 Å². The zero-order valence-electron chi connectivity index (χ0n) is 12.8. The lowest BCUT2D eigenvalue weighted by Crippen LogP contribution is -2.23. The first-order chi connectivity index (χ1) is 11.6. The van der Waals surface area contributed by atoms with Crippen LogP contribution < -0.4 is 4.72 Å². The lowest BCUT2D eigenvalue weighted by atomic mass is 10.1. The molecule has 0 fully saturated rings. The van der Waals surface area contributed by atoms with Crippen LogP contribution in [0.5, 0.6) is 0 Å². The summed E-state index contributed by atoms with van der Waals surface area (Å²) in [5.41, 5.74) is 2.34. The topological polar surface area (TPSA) is 59.3 Å². The fourth-order valence-corrected chi connectivity index (χ4v) is 3.77. The molecule has 0 radical (unpaired) electrons. The van der Waals surface area contributed by atoms with Gasteiger partial charge in [-0.05, 0) is 29.8 Å². The quantitative estimate of drug-likeness (QED) is 0.611. The van der Waals surface area contributed by atoms with Crippen LogP contribution in [-0.4, -0.2) is 8.42 Å². The van der Waals surface area contributed by atoms with E-state index in [2.05, 4.69) is 4.72 Å².